The number of alkyl halides is 3. The summed E-state index contributed by atoms with van der Waals surface area (Å²) in [6.07, 6.45) is 0.511. The van der Waals surface area contributed by atoms with Crippen molar-refractivity contribution < 1.29 is 52.5 Å². The van der Waals surface area contributed by atoms with Crippen LogP contribution in [0, 0.1) is 13.8 Å². The molecule has 0 radical (unpaired) electrons. The summed E-state index contributed by atoms with van der Waals surface area (Å²) < 4.78 is 48.1. The van der Waals surface area contributed by atoms with E-state index < -0.39 is 35.2 Å². The Hall–Kier alpha value is -9.11. The summed E-state index contributed by atoms with van der Waals surface area (Å²) in [7, 11) is 8.12. The molecule has 4 N–H and O–H groups in total. The van der Waals surface area contributed by atoms with E-state index in [0.717, 1.165) is 30.7 Å². The number of aromatic hydroxyl groups is 1. The van der Waals surface area contributed by atoms with E-state index in [9.17, 15) is 43.2 Å². The predicted octanol–water partition coefficient (Wildman–Crippen LogP) is 13.9. The lowest BCUT2D eigenvalue weighted by molar-refractivity contribution is -0.646. The van der Waals surface area contributed by atoms with Gasteiger partial charge >= 0.3 is 18.1 Å². The van der Waals surface area contributed by atoms with E-state index in [1.807, 2.05) is 37.4 Å². The van der Waals surface area contributed by atoms with E-state index in [4.69, 9.17) is 4.74 Å². The van der Waals surface area contributed by atoms with Gasteiger partial charge in [0.1, 0.15) is 30.2 Å². The van der Waals surface area contributed by atoms with Gasteiger partial charge in [0.25, 0.3) is 0 Å². The zero-order valence-corrected chi connectivity index (χ0v) is 46.3. The van der Waals surface area contributed by atoms with Gasteiger partial charge in [-0.15, -0.1) is 12.4 Å². The number of carboxylic acids is 2. The largest absolute Gasteiger partial charge is 0.872 e. The number of phenols is 1. The normalized spacial score (nSPS) is 11.6. The summed E-state index contributed by atoms with van der Waals surface area (Å²) in [4.78, 5) is 25.3. The maximum atomic E-state index is 12.9. The first-order chi connectivity index (χ1) is 38.3. The molecule has 81 heavy (non-hydrogen) atoms. The topological polar surface area (TPSA) is 151 Å². The highest BCUT2D eigenvalue weighted by Gasteiger charge is 2.30. The molecule has 0 fully saturated rings. The number of aromatic nitrogens is 2. The molecule has 10 aromatic rings. The number of para-hydroxylation sites is 1. The Kier molecular flexibility index (Phi) is 19.3. The Morgan fingerprint density at radius 1 is 0.716 bits per heavy atom. The third-order valence-electron chi connectivity index (χ3n) is 14.0. The summed E-state index contributed by atoms with van der Waals surface area (Å²) in [6, 6.07) is 54.7. The summed E-state index contributed by atoms with van der Waals surface area (Å²) in [5.41, 5.74) is 8.72. The second-order valence-corrected chi connectivity index (χ2v) is 19.4. The van der Waals surface area contributed by atoms with Crippen molar-refractivity contribution in [1.29, 1.82) is 0 Å². The lowest BCUT2D eigenvalue weighted by Crippen LogP contribution is -2.32. The highest BCUT2D eigenvalue weighted by Crippen LogP contribution is 2.38. The van der Waals surface area contributed by atoms with Gasteiger partial charge in [0, 0.05) is 78.9 Å². The Bertz CT molecular complexity index is 3770. The molecule has 0 saturated heterocycles. The SMILES string of the molecule is CNCCC(Oc1ccc(C(F)(F)F)cc1)c1ccccc1.Cc1cc(C=Cc2ccc3cc(N(C)C)ccc3[n+]2C)c(C)n1-c1ccccc1.Cl.O=C(O)c1cc2ccccc2c(Cc2c(O)c(C(=O)O)cc3ccccc23)c1[O-]. The van der Waals surface area contributed by atoms with Crippen molar-refractivity contribution in [2.45, 2.75) is 39.0 Å². The summed E-state index contributed by atoms with van der Waals surface area (Å²) >= 11 is 0. The number of hydrogen-bond donors (Lipinski definition) is 4. The van der Waals surface area contributed by atoms with Crippen molar-refractivity contribution in [2.24, 2.45) is 7.05 Å². The van der Waals surface area contributed by atoms with Crippen molar-refractivity contribution >= 4 is 74.6 Å². The lowest BCUT2D eigenvalue weighted by atomic mass is 9.90. The highest BCUT2D eigenvalue weighted by molar-refractivity contribution is 6.02. The summed E-state index contributed by atoms with van der Waals surface area (Å²) in [5, 5.41) is 49.1. The molecule has 0 saturated carbocycles. The number of halogens is 4. The minimum Gasteiger partial charge on any atom is -0.872 e. The van der Waals surface area contributed by atoms with Gasteiger partial charge in [0.15, 0.2) is 0 Å². The predicted molar refractivity (Wildman–Crippen MR) is 316 cm³/mol. The minimum absolute atomic E-state index is 0. The van der Waals surface area contributed by atoms with E-state index in [-0.39, 0.29) is 47.2 Å². The molecule has 0 spiro atoms. The minimum atomic E-state index is -4.33. The Labute approximate surface area is 474 Å². The maximum absolute atomic E-state index is 12.9. The quantitative estimate of drug-likeness (QED) is 0.0780. The van der Waals surface area contributed by atoms with Crippen molar-refractivity contribution in [3.8, 4) is 22.9 Å². The van der Waals surface area contributed by atoms with Gasteiger partial charge in [-0.2, -0.15) is 17.7 Å². The fraction of sp³-hybridized carbons (Fsp3) is 0.167. The molecule has 0 aliphatic carbocycles. The van der Waals surface area contributed by atoms with E-state index in [0.29, 0.717) is 27.3 Å². The summed E-state index contributed by atoms with van der Waals surface area (Å²) in [5.74, 6) is -3.28. The van der Waals surface area contributed by atoms with Gasteiger partial charge in [0.05, 0.1) is 11.1 Å². The van der Waals surface area contributed by atoms with Crippen LogP contribution in [0.1, 0.15) is 78.1 Å². The highest BCUT2D eigenvalue weighted by atomic mass is 35.5. The number of pyridine rings is 1. The zero-order valence-electron chi connectivity index (χ0n) is 45.5. The monoisotopic (exact) mass is 1110 g/mol. The van der Waals surface area contributed by atoms with Crippen LogP contribution in [0.3, 0.4) is 0 Å². The number of aromatic carboxylic acids is 2. The number of carboxylic acid groups (broad SMARTS) is 2. The number of aryl methyl sites for hydroxylation is 2. The molecule has 10 rings (SSSR count). The molecular formula is C66H62ClF3N4O7. The zero-order chi connectivity index (χ0) is 57.3. The van der Waals surface area contributed by atoms with Crippen molar-refractivity contribution in [3.05, 3.63) is 238 Å². The Morgan fingerprint density at radius 3 is 1.89 bits per heavy atom. The molecule has 2 heterocycles. The molecule has 11 nitrogen and oxygen atoms in total. The number of benzene rings is 8. The van der Waals surface area contributed by atoms with Gasteiger partial charge < -0.3 is 39.9 Å². The summed E-state index contributed by atoms with van der Waals surface area (Å²) in [6.45, 7) is 5.10. The molecule has 0 aliphatic rings. The van der Waals surface area contributed by atoms with Crippen LogP contribution in [0.2, 0.25) is 0 Å². The third-order valence-corrected chi connectivity index (χ3v) is 14.0. The van der Waals surface area contributed by atoms with Gasteiger partial charge in [-0.25, -0.2) is 9.59 Å². The number of ether oxygens (including phenoxy) is 1. The van der Waals surface area contributed by atoms with E-state index in [2.05, 4.69) is 133 Å². The third kappa shape index (κ3) is 13.8. The molecule has 1 atom stereocenters. The van der Waals surface area contributed by atoms with Crippen LogP contribution >= 0.6 is 12.4 Å². The standard InChI is InChI=1S/C26H28N3.C23H16O6.C17H18F3NO.ClH/c1-19-17-21(20(2)29(19)24-9-7-6-8-10-24)11-13-23-14-12-22-18-25(27(3)4)15-16-26(22)28(23)5;24-20-16(14-7-3-1-5-12(14)9-18(20)22(26)27)11-17-15-8-4-2-6-13(15)10-19(21(17)25)23(28)29;1-21-12-11-16(13-5-3-2-4-6-13)22-15-9-7-14(8-10-15)17(18,19)20;/h6-18H,1-5H3;1-10,24-25H,11H2,(H,26,27)(H,28,29);2-10,16,21H,11-12H2,1H3;1H/q+1;;;/p-1. The fourth-order valence-corrected chi connectivity index (χ4v) is 9.75. The number of anilines is 1. The lowest BCUT2D eigenvalue weighted by Gasteiger charge is -2.21. The number of hydrogen-bond acceptors (Lipinski definition) is 7. The average molecular weight is 1120 g/mol. The molecule has 0 amide bonds. The number of rotatable bonds is 14. The molecular weight excluding hydrogens is 1050 g/mol. The first kappa shape index (κ1) is 59.5. The van der Waals surface area contributed by atoms with Crippen molar-refractivity contribution in [3.63, 3.8) is 0 Å². The van der Waals surface area contributed by atoms with Crippen LogP contribution in [0.4, 0.5) is 18.9 Å². The van der Waals surface area contributed by atoms with E-state index in [1.54, 1.807) is 48.5 Å². The van der Waals surface area contributed by atoms with Gasteiger partial charge in [0.2, 0.25) is 11.2 Å². The van der Waals surface area contributed by atoms with Gasteiger partial charge in [-0.1, -0.05) is 103 Å². The van der Waals surface area contributed by atoms with Crippen LogP contribution in [-0.2, 0) is 19.6 Å². The van der Waals surface area contributed by atoms with E-state index in [1.165, 1.54) is 69.2 Å². The molecule has 1 unspecified atom stereocenters. The average Bonchev–Trinajstić information content (AvgIpc) is 3.94. The second-order valence-electron chi connectivity index (χ2n) is 19.4. The van der Waals surface area contributed by atoms with Crippen LogP contribution < -0.4 is 24.6 Å². The molecule has 15 heteroatoms. The first-order valence-electron chi connectivity index (χ1n) is 25.8. The van der Waals surface area contributed by atoms with Crippen LogP contribution in [0.25, 0.3) is 50.3 Å². The Morgan fingerprint density at radius 2 is 1.30 bits per heavy atom. The first-order valence-corrected chi connectivity index (χ1v) is 25.8. The van der Waals surface area contributed by atoms with Crippen LogP contribution in [0.5, 0.6) is 17.2 Å². The van der Waals surface area contributed by atoms with Crippen molar-refractivity contribution in [1.82, 2.24) is 9.88 Å². The molecule has 8 aromatic carbocycles. The number of fused-ring (bicyclic) bond motifs is 3. The van der Waals surface area contributed by atoms with Crippen molar-refractivity contribution in [2.75, 3.05) is 32.6 Å². The maximum Gasteiger partial charge on any atom is 0.416 e. The van der Waals surface area contributed by atoms with Gasteiger partial charge in [-0.05, 0) is 145 Å². The smallest absolute Gasteiger partial charge is 0.416 e. The number of nitrogens with one attached hydrogen (secondary N) is 1. The second kappa shape index (κ2) is 26.2. The fourth-order valence-electron chi connectivity index (χ4n) is 9.75. The number of carbonyl (C=O) groups is 2. The van der Waals surface area contributed by atoms with Crippen LogP contribution in [0.15, 0.2) is 182 Å². The molecule has 2 aromatic heterocycles. The van der Waals surface area contributed by atoms with Gasteiger partial charge in [-0.3, -0.25) is 0 Å². The molecule has 0 aliphatic heterocycles. The molecule has 416 valence electrons. The Balaban J connectivity index is 0.000000176. The van der Waals surface area contributed by atoms with Crippen LogP contribution in [-0.4, -0.2) is 59.5 Å². The number of nitrogens with zero attached hydrogens (tertiary/aromatic N) is 3. The van der Waals surface area contributed by atoms with E-state index >= 15 is 0 Å². The molecule has 0 bridgehead atoms.